The summed E-state index contributed by atoms with van der Waals surface area (Å²) in [7, 11) is 0. The van der Waals surface area contributed by atoms with Gasteiger partial charge in [0.05, 0.1) is 15.6 Å². The largest absolute Gasteiger partial charge is 0.293 e. The van der Waals surface area contributed by atoms with Crippen molar-refractivity contribution >= 4 is 17.1 Å². The van der Waals surface area contributed by atoms with E-state index in [4.69, 9.17) is 0 Å². The molecule has 15 heavy (non-hydrogen) atoms. The van der Waals surface area contributed by atoms with Gasteiger partial charge in [-0.2, -0.15) is 0 Å². The fourth-order valence-electron chi connectivity index (χ4n) is 2.33. The third-order valence-electron chi connectivity index (χ3n) is 3.60. The molecule has 0 saturated heterocycles. The second-order valence-electron chi connectivity index (χ2n) is 5.35. The molecule has 0 bridgehead atoms. The Hall–Kier alpha value is -0.700. The van der Waals surface area contributed by atoms with Gasteiger partial charge in [-0.3, -0.25) is 4.79 Å². The zero-order valence-electron chi connectivity index (χ0n) is 9.17. The molecule has 2 nitrogen and oxygen atoms in total. The molecule has 0 spiro atoms. The second kappa shape index (κ2) is 2.91. The molecule has 2 aliphatic rings. The van der Waals surface area contributed by atoms with Crippen LogP contribution in [-0.2, 0) is 6.42 Å². The topological polar surface area (TPSA) is 30.0 Å². The molecule has 0 aromatic carbocycles. The van der Waals surface area contributed by atoms with Crippen LogP contribution in [0.3, 0.4) is 0 Å². The number of carbonyl (C=O) groups excluding carboxylic acids is 1. The van der Waals surface area contributed by atoms with Crippen molar-refractivity contribution in [3.05, 3.63) is 15.6 Å². The Morgan fingerprint density at radius 2 is 2.13 bits per heavy atom. The minimum absolute atomic E-state index is 0.318. The summed E-state index contributed by atoms with van der Waals surface area (Å²) < 4.78 is 0. The van der Waals surface area contributed by atoms with Gasteiger partial charge in [0.25, 0.3) is 0 Å². The van der Waals surface area contributed by atoms with Crippen LogP contribution in [0.2, 0.25) is 0 Å². The Balaban J connectivity index is 1.96. The molecule has 0 amide bonds. The molecule has 3 rings (SSSR count). The quantitative estimate of drug-likeness (QED) is 0.729. The summed E-state index contributed by atoms with van der Waals surface area (Å²) in [5.41, 5.74) is 1.50. The molecule has 0 aliphatic heterocycles. The molecule has 1 unspecified atom stereocenters. The molecule has 1 heterocycles. The standard InChI is InChI=1S/C12H15NOS/c1-12(2)6-7(12)11-13-8-4-3-5-9(14)10(8)15-11/h7H,3-6H2,1-2H3. The van der Waals surface area contributed by atoms with E-state index in [1.807, 2.05) is 0 Å². The lowest BCUT2D eigenvalue weighted by molar-refractivity contribution is 0.0976. The Labute approximate surface area is 93.7 Å². The highest BCUT2D eigenvalue weighted by Crippen LogP contribution is 2.59. The zero-order chi connectivity index (χ0) is 10.6. The fraction of sp³-hybridized carbons (Fsp3) is 0.667. The van der Waals surface area contributed by atoms with Gasteiger partial charge in [-0.1, -0.05) is 13.8 Å². The second-order valence-corrected chi connectivity index (χ2v) is 6.38. The normalized spacial score (nSPS) is 27.6. The minimum Gasteiger partial charge on any atom is -0.293 e. The van der Waals surface area contributed by atoms with Crippen molar-refractivity contribution in [3.8, 4) is 0 Å². The summed E-state index contributed by atoms with van der Waals surface area (Å²) in [5.74, 6) is 0.930. The molecule has 1 aromatic heterocycles. The first-order chi connectivity index (χ1) is 7.08. The summed E-state index contributed by atoms with van der Waals surface area (Å²) in [4.78, 5) is 17.3. The van der Waals surface area contributed by atoms with Gasteiger partial charge >= 0.3 is 0 Å². The molecular weight excluding hydrogens is 206 g/mol. The predicted octanol–water partition coefficient (Wildman–Crippen LogP) is 3.18. The van der Waals surface area contributed by atoms with Crippen molar-refractivity contribution in [2.45, 2.75) is 45.4 Å². The lowest BCUT2D eigenvalue weighted by Crippen LogP contribution is -2.07. The van der Waals surface area contributed by atoms with E-state index in [0.29, 0.717) is 17.1 Å². The molecule has 1 saturated carbocycles. The number of hydrogen-bond donors (Lipinski definition) is 0. The van der Waals surface area contributed by atoms with E-state index < -0.39 is 0 Å². The van der Waals surface area contributed by atoms with Crippen molar-refractivity contribution in [2.75, 3.05) is 0 Å². The van der Waals surface area contributed by atoms with Gasteiger partial charge in [-0.05, 0) is 24.7 Å². The SMILES string of the molecule is CC1(C)CC1c1nc2c(s1)C(=O)CCC2. The summed E-state index contributed by atoms with van der Waals surface area (Å²) in [6.45, 7) is 4.56. The van der Waals surface area contributed by atoms with Crippen LogP contribution < -0.4 is 0 Å². The lowest BCUT2D eigenvalue weighted by atomic mass is 10.0. The van der Waals surface area contributed by atoms with Crippen LogP contribution in [0.1, 0.15) is 59.4 Å². The van der Waals surface area contributed by atoms with Crippen LogP contribution in [0.25, 0.3) is 0 Å². The Morgan fingerprint density at radius 3 is 2.73 bits per heavy atom. The van der Waals surface area contributed by atoms with Gasteiger partial charge in [0, 0.05) is 12.3 Å². The molecule has 1 aromatic rings. The number of aromatic nitrogens is 1. The maximum absolute atomic E-state index is 11.7. The van der Waals surface area contributed by atoms with Gasteiger partial charge in [0.15, 0.2) is 5.78 Å². The summed E-state index contributed by atoms with van der Waals surface area (Å²) in [5, 5.41) is 1.21. The van der Waals surface area contributed by atoms with Gasteiger partial charge in [-0.15, -0.1) is 11.3 Å². The van der Waals surface area contributed by atoms with E-state index in [1.54, 1.807) is 11.3 Å². The van der Waals surface area contributed by atoms with Crippen LogP contribution in [0.15, 0.2) is 0 Å². The maximum atomic E-state index is 11.7. The smallest absolute Gasteiger partial charge is 0.174 e. The number of fused-ring (bicyclic) bond motifs is 1. The number of ketones is 1. The van der Waals surface area contributed by atoms with E-state index in [9.17, 15) is 4.79 Å². The lowest BCUT2D eigenvalue weighted by Gasteiger charge is -2.06. The summed E-state index contributed by atoms with van der Waals surface area (Å²) in [6.07, 6.45) is 3.95. The molecule has 0 radical (unpaired) electrons. The molecule has 80 valence electrons. The number of nitrogens with zero attached hydrogens (tertiary/aromatic N) is 1. The maximum Gasteiger partial charge on any atom is 0.174 e. The van der Waals surface area contributed by atoms with Crippen LogP contribution in [0.4, 0.5) is 0 Å². The van der Waals surface area contributed by atoms with Gasteiger partial charge in [0.2, 0.25) is 0 Å². The number of thiazole rings is 1. The monoisotopic (exact) mass is 221 g/mol. The van der Waals surface area contributed by atoms with Crippen molar-refractivity contribution in [1.82, 2.24) is 4.98 Å². The number of hydrogen-bond acceptors (Lipinski definition) is 3. The highest BCUT2D eigenvalue weighted by atomic mass is 32.1. The molecule has 2 aliphatic carbocycles. The molecule has 1 atom stereocenters. The first-order valence-electron chi connectivity index (χ1n) is 5.61. The third kappa shape index (κ3) is 1.44. The number of Topliss-reactive ketones (excluding diaryl/α,β-unsaturated/α-hetero) is 1. The highest BCUT2D eigenvalue weighted by molar-refractivity contribution is 7.14. The van der Waals surface area contributed by atoms with Gasteiger partial charge in [0.1, 0.15) is 0 Å². The number of aryl methyl sites for hydroxylation is 1. The molecule has 3 heteroatoms. The fourth-order valence-corrected chi connectivity index (χ4v) is 3.72. The summed E-state index contributed by atoms with van der Waals surface area (Å²) >= 11 is 1.66. The zero-order valence-corrected chi connectivity index (χ0v) is 9.99. The van der Waals surface area contributed by atoms with Crippen LogP contribution >= 0.6 is 11.3 Å². The Bertz CT molecular complexity index is 433. The van der Waals surface area contributed by atoms with Crippen molar-refractivity contribution in [2.24, 2.45) is 5.41 Å². The Kier molecular flexibility index (Phi) is 1.85. The predicted molar refractivity (Wildman–Crippen MR) is 60.5 cm³/mol. The van der Waals surface area contributed by atoms with E-state index in [2.05, 4.69) is 18.8 Å². The average molecular weight is 221 g/mol. The van der Waals surface area contributed by atoms with E-state index in [1.165, 1.54) is 11.4 Å². The first-order valence-corrected chi connectivity index (χ1v) is 6.42. The number of carbonyl (C=O) groups is 1. The number of rotatable bonds is 1. The van der Waals surface area contributed by atoms with Crippen LogP contribution in [-0.4, -0.2) is 10.8 Å². The van der Waals surface area contributed by atoms with Gasteiger partial charge < -0.3 is 0 Å². The van der Waals surface area contributed by atoms with Crippen molar-refractivity contribution in [3.63, 3.8) is 0 Å². The first kappa shape index (κ1) is 9.52. The Morgan fingerprint density at radius 1 is 1.40 bits per heavy atom. The van der Waals surface area contributed by atoms with E-state index in [-0.39, 0.29) is 0 Å². The van der Waals surface area contributed by atoms with Crippen molar-refractivity contribution < 1.29 is 4.79 Å². The van der Waals surface area contributed by atoms with E-state index >= 15 is 0 Å². The van der Waals surface area contributed by atoms with Gasteiger partial charge in [-0.25, -0.2) is 4.98 Å². The van der Waals surface area contributed by atoms with Crippen LogP contribution in [0, 0.1) is 5.41 Å². The van der Waals surface area contributed by atoms with Crippen molar-refractivity contribution in [1.29, 1.82) is 0 Å². The third-order valence-corrected chi connectivity index (χ3v) is 4.85. The summed E-state index contributed by atoms with van der Waals surface area (Å²) in [6, 6.07) is 0. The molecule has 1 fully saturated rings. The highest BCUT2D eigenvalue weighted by Gasteiger charge is 2.48. The molecule has 0 N–H and O–H groups in total. The average Bonchev–Trinajstić information content (AvgIpc) is 2.62. The van der Waals surface area contributed by atoms with Crippen LogP contribution in [0.5, 0.6) is 0 Å². The molecular formula is C12H15NOS. The van der Waals surface area contributed by atoms with E-state index in [0.717, 1.165) is 29.8 Å². The minimum atomic E-state index is 0.318.